The van der Waals surface area contributed by atoms with Crippen molar-refractivity contribution in [2.45, 2.75) is 96.3 Å². The summed E-state index contributed by atoms with van der Waals surface area (Å²) in [5.41, 5.74) is 0. The Morgan fingerprint density at radius 3 is 0.810 bits per heavy atom. The van der Waals surface area contributed by atoms with Gasteiger partial charge >= 0.3 is 0 Å². The number of hydrogen-bond acceptors (Lipinski definition) is 2. The molecule has 0 atom stereocenters. The smallest absolute Gasteiger partial charge is 0.00368 e. The maximum absolute atomic E-state index is 3.58. The van der Waals surface area contributed by atoms with Crippen LogP contribution in [0.1, 0.15) is 96.3 Å². The molecule has 0 aromatic heterocycles. The Bertz CT molecular complexity index is 102. The van der Waals surface area contributed by atoms with Crippen LogP contribution in [0.5, 0.6) is 0 Å². The van der Waals surface area contributed by atoms with Gasteiger partial charge in [0.05, 0.1) is 0 Å². The standard InChI is InChI=1S/C19H40N2/c1-2-4-6-8-10-12-14-17-21-19-15-18-20-16-13-11-9-7-5-3-1/h20-21H,1-19H2. The average Bonchev–Trinajstić information content (AvgIpc) is 2.50. The molecule has 0 aliphatic carbocycles. The fourth-order valence-corrected chi connectivity index (χ4v) is 3.21. The molecule has 126 valence electrons. The van der Waals surface area contributed by atoms with Crippen LogP contribution in [0.25, 0.3) is 0 Å². The van der Waals surface area contributed by atoms with Gasteiger partial charge in [0.1, 0.15) is 0 Å². The first-order valence-electron chi connectivity index (χ1n) is 9.91. The van der Waals surface area contributed by atoms with Gasteiger partial charge in [-0.3, -0.25) is 0 Å². The fraction of sp³-hybridized carbons (Fsp3) is 1.00. The third-order valence-corrected chi connectivity index (χ3v) is 4.66. The molecule has 2 heteroatoms. The van der Waals surface area contributed by atoms with Gasteiger partial charge in [-0.2, -0.15) is 0 Å². The van der Waals surface area contributed by atoms with Gasteiger partial charge in [0, 0.05) is 0 Å². The van der Waals surface area contributed by atoms with E-state index in [9.17, 15) is 0 Å². The van der Waals surface area contributed by atoms with Gasteiger partial charge in [0.2, 0.25) is 0 Å². The van der Waals surface area contributed by atoms with Gasteiger partial charge < -0.3 is 10.6 Å². The molecular weight excluding hydrogens is 256 g/mol. The third-order valence-electron chi connectivity index (χ3n) is 4.66. The topological polar surface area (TPSA) is 24.1 Å². The van der Waals surface area contributed by atoms with Crippen LogP contribution in [0, 0.1) is 0 Å². The van der Waals surface area contributed by atoms with Crippen LogP contribution < -0.4 is 10.6 Å². The van der Waals surface area contributed by atoms with Crippen molar-refractivity contribution >= 4 is 0 Å². The predicted molar refractivity (Wildman–Crippen MR) is 95.0 cm³/mol. The number of nitrogens with one attached hydrogen (secondary N) is 2. The van der Waals surface area contributed by atoms with Crippen LogP contribution in [-0.4, -0.2) is 26.2 Å². The minimum Gasteiger partial charge on any atom is -0.317 e. The molecular formula is C19H40N2. The van der Waals surface area contributed by atoms with Crippen molar-refractivity contribution in [3.63, 3.8) is 0 Å². The lowest BCUT2D eigenvalue weighted by Gasteiger charge is -2.06. The fourth-order valence-electron chi connectivity index (χ4n) is 3.21. The summed E-state index contributed by atoms with van der Waals surface area (Å²) in [7, 11) is 0. The van der Waals surface area contributed by atoms with Crippen LogP contribution in [0.2, 0.25) is 0 Å². The Kier molecular flexibility index (Phi) is 14.7. The highest BCUT2D eigenvalue weighted by molar-refractivity contribution is 4.55. The van der Waals surface area contributed by atoms with E-state index in [4.69, 9.17) is 0 Å². The van der Waals surface area contributed by atoms with E-state index in [-0.39, 0.29) is 0 Å². The van der Waals surface area contributed by atoms with E-state index >= 15 is 0 Å². The summed E-state index contributed by atoms with van der Waals surface area (Å²) < 4.78 is 0. The Morgan fingerprint density at radius 1 is 0.238 bits per heavy atom. The first-order valence-corrected chi connectivity index (χ1v) is 9.91. The maximum atomic E-state index is 3.58. The second kappa shape index (κ2) is 16.3. The van der Waals surface area contributed by atoms with Crippen molar-refractivity contribution in [2.75, 3.05) is 26.2 Å². The van der Waals surface area contributed by atoms with Gasteiger partial charge in [0.15, 0.2) is 0 Å². The SMILES string of the molecule is C1CCCCCCCCNCCCNCCCCCCC1. The molecule has 1 fully saturated rings. The third kappa shape index (κ3) is 14.6. The van der Waals surface area contributed by atoms with E-state index in [1.165, 1.54) is 122 Å². The Labute approximate surface area is 133 Å². The van der Waals surface area contributed by atoms with E-state index in [1.807, 2.05) is 0 Å². The molecule has 1 heterocycles. The highest BCUT2D eigenvalue weighted by Crippen LogP contribution is 2.12. The van der Waals surface area contributed by atoms with Crippen LogP contribution in [-0.2, 0) is 0 Å². The molecule has 1 aliphatic rings. The van der Waals surface area contributed by atoms with E-state index < -0.39 is 0 Å². The molecule has 0 spiro atoms. The van der Waals surface area contributed by atoms with Crippen LogP contribution in [0.4, 0.5) is 0 Å². The second-order valence-electron chi connectivity index (χ2n) is 6.80. The Hall–Kier alpha value is -0.0800. The first-order chi connectivity index (χ1) is 10.5. The van der Waals surface area contributed by atoms with E-state index in [0.717, 1.165) is 0 Å². The minimum absolute atomic E-state index is 1.19. The highest BCUT2D eigenvalue weighted by atomic mass is 14.9. The van der Waals surface area contributed by atoms with Gasteiger partial charge in [-0.05, 0) is 45.4 Å². The molecule has 0 aromatic rings. The molecule has 0 radical (unpaired) electrons. The van der Waals surface area contributed by atoms with Gasteiger partial charge in [-0.1, -0.05) is 77.0 Å². The van der Waals surface area contributed by atoms with E-state index in [2.05, 4.69) is 10.6 Å². The average molecular weight is 297 g/mol. The van der Waals surface area contributed by atoms with Crippen molar-refractivity contribution in [3.8, 4) is 0 Å². The summed E-state index contributed by atoms with van der Waals surface area (Å²) in [6, 6.07) is 0. The van der Waals surface area contributed by atoms with E-state index in [1.54, 1.807) is 0 Å². The maximum Gasteiger partial charge on any atom is -0.00368 e. The van der Waals surface area contributed by atoms with Crippen molar-refractivity contribution in [3.05, 3.63) is 0 Å². The number of hydrogen-bond donors (Lipinski definition) is 2. The zero-order chi connectivity index (χ0) is 14.8. The van der Waals surface area contributed by atoms with Crippen LogP contribution in [0.3, 0.4) is 0 Å². The molecule has 2 N–H and O–H groups in total. The zero-order valence-corrected chi connectivity index (χ0v) is 14.4. The number of rotatable bonds is 0. The lowest BCUT2D eigenvalue weighted by atomic mass is 10.0. The molecule has 0 aromatic carbocycles. The van der Waals surface area contributed by atoms with Gasteiger partial charge in [-0.25, -0.2) is 0 Å². The zero-order valence-electron chi connectivity index (χ0n) is 14.4. The molecule has 0 saturated carbocycles. The van der Waals surface area contributed by atoms with Crippen molar-refractivity contribution < 1.29 is 0 Å². The van der Waals surface area contributed by atoms with Crippen molar-refractivity contribution in [1.29, 1.82) is 0 Å². The normalized spacial score (nSPS) is 24.0. The van der Waals surface area contributed by atoms with Crippen molar-refractivity contribution in [1.82, 2.24) is 10.6 Å². The summed E-state index contributed by atoms with van der Waals surface area (Å²) in [6.07, 6.45) is 21.5. The minimum atomic E-state index is 1.19. The second-order valence-corrected chi connectivity index (χ2v) is 6.80. The van der Waals surface area contributed by atoms with Gasteiger partial charge in [-0.15, -0.1) is 0 Å². The van der Waals surface area contributed by atoms with Crippen LogP contribution >= 0.6 is 0 Å². The van der Waals surface area contributed by atoms with E-state index in [0.29, 0.717) is 0 Å². The molecule has 0 unspecified atom stereocenters. The molecule has 21 heavy (non-hydrogen) atoms. The Morgan fingerprint density at radius 2 is 0.476 bits per heavy atom. The molecule has 0 amide bonds. The molecule has 0 bridgehead atoms. The van der Waals surface area contributed by atoms with Crippen molar-refractivity contribution in [2.24, 2.45) is 0 Å². The van der Waals surface area contributed by atoms with Gasteiger partial charge in [0.25, 0.3) is 0 Å². The molecule has 1 aliphatic heterocycles. The summed E-state index contributed by atoms with van der Waals surface area (Å²) in [4.78, 5) is 0. The summed E-state index contributed by atoms with van der Waals surface area (Å²) in [6.45, 7) is 4.82. The monoisotopic (exact) mass is 296 g/mol. The lowest BCUT2D eigenvalue weighted by molar-refractivity contribution is 0.529. The Balaban J connectivity index is 2.00. The molecule has 2 nitrogen and oxygen atoms in total. The first kappa shape index (κ1) is 19.0. The summed E-state index contributed by atoms with van der Waals surface area (Å²) >= 11 is 0. The highest BCUT2D eigenvalue weighted by Gasteiger charge is 1.96. The molecule has 1 rings (SSSR count). The quantitative estimate of drug-likeness (QED) is 0.655. The largest absolute Gasteiger partial charge is 0.317 e. The predicted octanol–water partition coefficient (Wildman–Crippen LogP) is 5.03. The summed E-state index contributed by atoms with van der Waals surface area (Å²) in [5.74, 6) is 0. The molecule has 1 saturated heterocycles. The lowest BCUT2D eigenvalue weighted by Crippen LogP contribution is -2.23. The van der Waals surface area contributed by atoms with Crippen LogP contribution in [0.15, 0.2) is 0 Å². The summed E-state index contributed by atoms with van der Waals surface area (Å²) in [5, 5.41) is 7.15.